The molecule has 0 bridgehead atoms. The van der Waals surface area contributed by atoms with Crippen LogP contribution in [0.15, 0.2) is 78.3 Å². The number of aromatic nitrogens is 3. The first-order valence-electron chi connectivity index (χ1n) is 10.2. The van der Waals surface area contributed by atoms with E-state index >= 15 is 0 Å². The second-order valence-corrected chi connectivity index (χ2v) is 8.68. The number of anilines is 1. The number of rotatable bonds is 6. The van der Waals surface area contributed by atoms with Crippen LogP contribution in [0.4, 0.5) is 5.69 Å². The summed E-state index contributed by atoms with van der Waals surface area (Å²) in [6, 6.07) is 20.7. The Bertz CT molecular complexity index is 1450. The first-order chi connectivity index (χ1) is 16.1. The molecule has 0 radical (unpaired) electrons. The Morgan fingerprint density at radius 1 is 1.12 bits per heavy atom. The molecule has 164 valence electrons. The van der Waals surface area contributed by atoms with Crippen LogP contribution < -0.4 is 10.1 Å². The van der Waals surface area contributed by atoms with Gasteiger partial charge in [0.05, 0.1) is 33.4 Å². The molecule has 5 aromatic rings. The van der Waals surface area contributed by atoms with Gasteiger partial charge in [-0.05, 0) is 35.7 Å². The van der Waals surface area contributed by atoms with E-state index in [9.17, 15) is 4.79 Å². The summed E-state index contributed by atoms with van der Waals surface area (Å²) in [7, 11) is 1.79. The number of benzene rings is 2. The van der Waals surface area contributed by atoms with Crippen LogP contribution in [0.25, 0.3) is 21.5 Å². The Labute approximate surface area is 199 Å². The highest BCUT2D eigenvalue weighted by Gasteiger charge is 2.19. The maximum Gasteiger partial charge on any atom is 0.259 e. The summed E-state index contributed by atoms with van der Waals surface area (Å²) in [6.45, 7) is 0.182. The summed E-state index contributed by atoms with van der Waals surface area (Å²) >= 11 is 8.08. The SMILES string of the molecule is Cn1nc(-c2cccs2)c(COc2ccccc2C(=O)Nc2cnc3ccccc3c2)c1Cl. The van der Waals surface area contributed by atoms with Crippen molar-refractivity contribution in [3.05, 3.63) is 94.6 Å². The van der Waals surface area contributed by atoms with Gasteiger partial charge in [0, 0.05) is 12.4 Å². The van der Waals surface area contributed by atoms with Crippen LogP contribution in [-0.4, -0.2) is 20.7 Å². The van der Waals surface area contributed by atoms with Gasteiger partial charge in [-0.2, -0.15) is 5.10 Å². The second-order valence-electron chi connectivity index (χ2n) is 7.37. The molecule has 0 saturated heterocycles. The Morgan fingerprint density at radius 3 is 2.79 bits per heavy atom. The van der Waals surface area contributed by atoms with Gasteiger partial charge < -0.3 is 10.1 Å². The van der Waals surface area contributed by atoms with Crippen LogP contribution in [-0.2, 0) is 13.7 Å². The molecular formula is C25H19ClN4O2S. The predicted octanol–water partition coefficient (Wildman–Crippen LogP) is 6.18. The van der Waals surface area contributed by atoms with Crippen molar-refractivity contribution in [1.82, 2.24) is 14.8 Å². The fourth-order valence-corrected chi connectivity index (χ4v) is 4.47. The largest absolute Gasteiger partial charge is 0.488 e. The fourth-order valence-electron chi connectivity index (χ4n) is 3.55. The van der Waals surface area contributed by atoms with Crippen molar-refractivity contribution in [3.63, 3.8) is 0 Å². The van der Waals surface area contributed by atoms with E-state index in [1.165, 1.54) is 0 Å². The number of pyridine rings is 1. The van der Waals surface area contributed by atoms with E-state index in [-0.39, 0.29) is 12.5 Å². The molecule has 5 rings (SSSR count). The minimum absolute atomic E-state index is 0.182. The molecule has 1 N–H and O–H groups in total. The lowest BCUT2D eigenvalue weighted by atomic mass is 10.1. The Kier molecular flexibility index (Phi) is 5.81. The molecule has 2 aromatic carbocycles. The summed E-state index contributed by atoms with van der Waals surface area (Å²) in [5.74, 6) is 0.180. The molecular weight excluding hydrogens is 456 g/mol. The highest BCUT2D eigenvalue weighted by Crippen LogP contribution is 2.32. The maximum absolute atomic E-state index is 13.0. The van der Waals surface area contributed by atoms with Gasteiger partial charge in [0.25, 0.3) is 5.91 Å². The number of aryl methyl sites for hydroxylation is 1. The van der Waals surface area contributed by atoms with Gasteiger partial charge in [-0.3, -0.25) is 14.5 Å². The lowest BCUT2D eigenvalue weighted by Crippen LogP contribution is -2.14. The van der Waals surface area contributed by atoms with Crippen molar-refractivity contribution in [2.75, 3.05) is 5.32 Å². The highest BCUT2D eigenvalue weighted by molar-refractivity contribution is 7.13. The first-order valence-corrected chi connectivity index (χ1v) is 11.5. The molecule has 0 spiro atoms. The number of nitrogens with zero attached hydrogens (tertiary/aromatic N) is 3. The normalized spacial score (nSPS) is 11.0. The third-order valence-corrected chi connectivity index (χ3v) is 6.52. The molecule has 8 heteroatoms. The predicted molar refractivity (Wildman–Crippen MR) is 132 cm³/mol. The van der Waals surface area contributed by atoms with Gasteiger partial charge >= 0.3 is 0 Å². The van der Waals surface area contributed by atoms with E-state index in [4.69, 9.17) is 16.3 Å². The van der Waals surface area contributed by atoms with E-state index in [0.717, 1.165) is 27.0 Å². The van der Waals surface area contributed by atoms with Gasteiger partial charge in [-0.15, -0.1) is 11.3 Å². The van der Waals surface area contributed by atoms with E-state index < -0.39 is 0 Å². The molecule has 0 aliphatic carbocycles. The van der Waals surface area contributed by atoms with Crippen molar-refractivity contribution in [3.8, 4) is 16.3 Å². The molecule has 1 amide bonds. The van der Waals surface area contributed by atoms with Gasteiger partial charge in [-0.25, -0.2) is 0 Å². The summed E-state index contributed by atoms with van der Waals surface area (Å²) in [6.07, 6.45) is 1.65. The molecule has 0 aliphatic rings. The highest BCUT2D eigenvalue weighted by atomic mass is 35.5. The molecule has 3 aromatic heterocycles. The minimum atomic E-state index is -0.279. The van der Waals surface area contributed by atoms with Crippen molar-refractivity contribution in [2.45, 2.75) is 6.61 Å². The van der Waals surface area contributed by atoms with E-state index in [1.54, 1.807) is 47.5 Å². The topological polar surface area (TPSA) is 69.0 Å². The molecule has 3 heterocycles. The Balaban J connectivity index is 1.38. The van der Waals surface area contributed by atoms with Crippen LogP contribution in [0.1, 0.15) is 15.9 Å². The van der Waals surface area contributed by atoms with E-state index in [1.807, 2.05) is 53.9 Å². The zero-order chi connectivity index (χ0) is 22.8. The third-order valence-electron chi connectivity index (χ3n) is 5.18. The van der Waals surface area contributed by atoms with E-state index in [2.05, 4.69) is 15.4 Å². The van der Waals surface area contributed by atoms with Crippen LogP contribution in [0.2, 0.25) is 5.15 Å². The molecule has 0 aliphatic heterocycles. The number of halogens is 1. The number of amides is 1. The smallest absolute Gasteiger partial charge is 0.259 e. The first kappa shape index (κ1) is 21.2. The molecule has 0 unspecified atom stereocenters. The monoisotopic (exact) mass is 474 g/mol. The maximum atomic E-state index is 13.0. The zero-order valence-electron chi connectivity index (χ0n) is 17.7. The van der Waals surface area contributed by atoms with Gasteiger partial charge in [0.15, 0.2) is 0 Å². The average Bonchev–Trinajstić information content (AvgIpc) is 3.46. The van der Waals surface area contributed by atoms with Crippen LogP contribution in [0, 0.1) is 0 Å². The van der Waals surface area contributed by atoms with Gasteiger partial charge in [0.2, 0.25) is 0 Å². The van der Waals surface area contributed by atoms with Crippen molar-refractivity contribution >= 4 is 45.4 Å². The number of hydrogen-bond donors (Lipinski definition) is 1. The summed E-state index contributed by atoms with van der Waals surface area (Å²) in [4.78, 5) is 18.5. The molecule has 0 saturated carbocycles. The number of ether oxygens (including phenoxy) is 1. The Morgan fingerprint density at radius 2 is 1.94 bits per heavy atom. The molecule has 0 fully saturated rings. The van der Waals surface area contributed by atoms with Crippen LogP contribution in [0.5, 0.6) is 5.75 Å². The van der Waals surface area contributed by atoms with Gasteiger partial charge in [0.1, 0.15) is 23.2 Å². The number of carbonyl (C=O) groups is 1. The summed E-state index contributed by atoms with van der Waals surface area (Å²) < 4.78 is 7.70. The zero-order valence-corrected chi connectivity index (χ0v) is 19.2. The number of thiophene rings is 1. The van der Waals surface area contributed by atoms with Crippen LogP contribution in [0.3, 0.4) is 0 Å². The lowest BCUT2D eigenvalue weighted by Gasteiger charge is -2.12. The number of fused-ring (bicyclic) bond motifs is 1. The molecule has 0 atom stereocenters. The minimum Gasteiger partial charge on any atom is -0.488 e. The summed E-state index contributed by atoms with van der Waals surface area (Å²) in [5, 5.41) is 10.9. The standard InChI is InChI=1S/C25H19ClN4O2S/c1-30-24(26)19(23(29-30)22-11-6-12-33-22)15-32-21-10-5-3-8-18(21)25(31)28-17-13-16-7-2-4-9-20(16)27-14-17/h2-14H,15H2,1H3,(H,28,31). The number of nitrogens with one attached hydrogen (secondary N) is 1. The quantitative estimate of drug-likeness (QED) is 0.319. The lowest BCUT2D eigenvalue weighted by molar-refractivity contribution is 0.102. The van der Waals surface area contributed by atoms with Gasteiger partial charge in [-0.1, -0.05) is 48.0 Å². The number of hydrogen-bond acceptors (Lipinski definition) is 5. The fraction of sp³-hybridized carbons (Fsp3) is 0.0800. The van der Waals surface area contributed by atoms with Crippen molar-refractivity contribution < 1.29 is 9.53 Å². The number of carbonyl (C=O) groups excluding carboxylic acids is 1. The molecule has 33 heavy (non-hydrogen) atoms. The van der Waals surface area contributed by atoms with E-state index in [0.29, 0.717) is 22.2 Å². The second kappa shape index (κ2) is 9.05. The Hall–Kier alpha value is -3.68. The molecule has 6 nitrogen and oxygen atoms in total. The van der Waals surface area contributed by atoms with Crippen molar-refractivity contribution in [2.24, 2.45) is 7.05 Å². The van der Waals surface area contributed by atoms with Crippen molar-refractivity contribution in [1.29, 1.82) is 0 Å². The van der Waals surface area contributed by atoms with Crippen LogP contribution >= 0.6 is 22.9 Å². The third kappa shape index (κ3) is 4.33. The number of para-hydroxylation sites is 2. The summed E-state index contributed by atoms with van der Waals surface area (Å²) in [5.41, 5.74) is 3.46. The average molecular weight is 475 g/mol.